The van der Waals surface area contributed by atoms with Crippen molar-refractivity contribution in [2.24, 2.45) is 22.7 Å². The van der Waals surface area contributed by atoms with Crippen molar-refractivity contribution >= 4 is 5.97 Å². The third-order valence-electron chi connectivity index (χ3n) is 7.75. The molecule has 0 heterocycles. The molecule has 24 heavy (non-hydrogen) atoms. The Balaban J connectivity index is 2.29. The van der Waals surface area contributed by atoms with Gasteiger partial charge in [-0.1, -0.05) is 26.3 Å². The minimum atomic E-state index is -1.07. The molecule has 0 aromatic carbocycles. The van der Waals surface area contributed by atoms with E-state index in [-0.39, 0.29) is 10.8 Å². The summed E-state index contributed by atoms with van der Waals surface area (Å²) in [5.74, 6) is -0.0214. The number of allylic oxidation sites excluding steroid dienone is 1. The quantitative estimate of drug-likeness (QED) is 0.682. The Kier molecular flexibility index (Phi) is 5.23. The lowest BCUT2D eigenvalue weighted by atomic mass is 9.43. The summed E-state index contributed by atoms with van der Waals surface area (Å²) >= 11 is 0. The molecule has 0 spiro atoms. The highest BCUT2D eigenvalue weighted by atomic mass is 16.4. The molecule has 138 valence electrons. The molecule has 0 amide bonds. The van der Waals surface area contributed by atoms with Crippen LogP contribution in [0.2, 0.25) is 0 Å². The molecule has 6 atom stereocenters. The first-order chi connectivity index (χ1) is 10.9. The molecule has 0 unspecified atom stereocenters. The van der Waals surface area contributed by atoms with Crippen LogP contribution in [0.1, 0.15) is 73.1 Å². The number of carbonyl (C=O) groups is 1. The van der Waals surface area contributed by atoms with Crippen LogP contribution in [0.3, 0.4) is 0 Å². The molecule has 3 N–H and O–H groups in total. The first-order valence-corrected chi connectivity index (χ1v) is 9.25. The number of hydrogen-bond acceptors (Lipinski definition) is 3. The van der Waals surface area contributed by atoms with Gasteiger partial charge < -0.3 is 15.3 Å². The Labute approximate surface area is 146 Å². The predicted octanol–water partition coefficient (Wildman–Crippen LogP) is 3.76. The van der Waals surface area contributed by atoms with Crippen LogP contribution >= 0.6 is 0 Å². The second-order valence-electron chi connectivity index (χ2n) is 8.99. The van der Waals surface area contributed by atoms with Gasteiger partial charge in [-0.25, -0.2) is 4.79 Å². The minimum absolute atomic E-state index is 0.0464. The maximum atomic E-state index is 11.1. The molecule has 0 bridgehead atoms. The Bertz CT molecular complexity index is 524. The Morgan fingerprint density at radius 2 is 1.83 bits per heavy atom. The molecule has 0 aromatic heterocycles. The number of rotatable bonds is 4. The number of carboxylic acids is 1. The molecular formula is C20H34O4. The summed E-state index contributed by atoms with van der Waals surface area (Å²) in [6, 6.07) is 0. The van der Waals surface area contributed by atoms with Crippen molar-refractivity contribution < 1.29 is 20.1 Å². The lowest BCUT2D eigenvalue weighted by Gasteiger charge is -2.64. The maximum Gasteiger partial charge on any atom is 0.328 e. The molecular weight excluding hydrogens is 304 g/mol. The molecule has 0 aromatic rings. The van der Waals surface area contributed by atoms with Gasteiger partial charge in [-0.3, -0.25) is 0 Å². The van der Waals surface area contributed by atoms with Gasteiger partial charge in [0.1, 0.15) is 0 Å². The first-order valence-electron chi connectivity index (χ1n) is 9.25. The third kappa shape index (κ3) is 3.03. The molecule has 0 radical (unpaired) electrons. The number of aliphatic hydroxyl groups excluding tert-OH is 1. The van der Waals surface area contributed by atoms with E-state index in [9.17, 15) is 15.0 Å². The maximum absolute atomic E-state index is 11.1. The van der Waals surface area contributed by atoms with Crippen LogP contribution in [-0.2, 0) is 4.79 Å². The first kappa shape index (κ1) is 19.5. The number of carboxylic acid groups (broad SMARTS) is 1. The zero-order valence-corrected chi connectivity index (χ0v) is 15.8. The molecule has 2 rings (SSSR count). The average molecular weight is 338 g/mol. The van der Waals surface area contributed by atoms with E-state index in [1.54, 1.807) is 6.92 Å². The van der Waals surface area contributed by atoms with E-state index in [0.717, 1.165) is 37.7 Å². The molecule has 2 aliphatic carbocycles. The molecule has 0 aliphatic heterocycles. The minimum Gasteiger partial charge on any atom is -0.478 e. The van der Waals surface area contributed by atoms with Crippen molar-refractivity contribution in [1.29, 1.82) is 0 Å². The largest absolute Gasteiger partial charge is 0.478 e. The van der Waals surface area contributed by atoms with E-state index in [1.165, 1.54) is 6.08 Å². The van der Waals surface area contributed by atoms with Gasteiger partial charge in [0.05, 0.1) is 11.7 Å². The normalized spacial score (nSPS) is 46.5. The van der Waals surface area contributed by atoms with Crippen LogP contribution in [-0.4, -0.2) is 33.0 Å². The SMILES string of the molecule is C/C(=C\C(=O)O)CC[C@@]1(C)[C@H](C)CC[C@]2(C)[C@@H]1CC[C@H](O)[C@@]2(C)O. The van der Waals surface area contributed by atoms with Crippen molar-refractivity contribution in [2.75, 3.05) is 0 Å². The van der Waals surface area contributed by atoms with E-state index in [1.807, 2.05) is 6.92 Å². The fraction of sp³-hybridized carbons (Fsp3) is 0.850. The summed E-state index contributed by atoms with van der Waals surface area (Å²) in [5.41, 5.74) is -0.421. The molecule has 2 aliphatic rings. The summed E-state index contributed by atoms with van der Waals surface area (Å²) < 4.78 is 0. The highest BCUT2D eigenvalue weighted by Gasteiger charge is 2.62. The van der Waals surface area contributed by atoms with Gasteiger partial charge in [0.2, 0.25) is 0 Å². The third-order valence-corrected chi connectivity index (χ3v) is 7.75. The van der Waals surface area contributed by atoms with Crippen molar-refractivity contribution in [3.05, 3.63) is 11.6 Å². The van der Waals surface area contributed by atoms with E-state index >= 15 is 0 Å². The second kappa shape index (κ2) is 6.45. The summed E-state index contributed by atoms with van der Waals surface area (Å²) in [5, 5.41) is 30.4. The van der Waals surface area contributed by atoms with Crippen LogP contribution in [0.4, 0.5) is 0 Å². The summed E-state index contributed by atoms with van der Waals surface area (Å²) in [6.07, 6.45) is 5.87. The van der Waals surface area contributed by atoms with E-state index in [0.29, 0.717) is 18.3 Å². The van der Waals surface area contributed by atoms with Crippen molar-refractivity contribution in [3.63, 3.8) is 0 Å². The van der Waals surface area contributed by atoms with Crippen LogP contribution in [0, 0.1) is 22.7 Å². The van der Waals surface area contributed by atoms with E-state index in [4.69, 9.17) is 5.11 Å². The topological polar surface area (TPSA) is 77.8 Å². The fourth-order valence-corrected chi connectivity index (χ4v) is 5.50. The Morgan fingerprint density at radius 3 is 2.42 bits per heavy atom. The van der Waals surface area contributed by atoms with Gasteiger partial charge in [-0.15, -0.1) is 0 Å². The molecule has 0 saturated heterocycles. The molecule has 4 heteroatoms. The molecule has 4 nitrogen and oxygen atoms in total. The van der Waals surface area contributed by atoms with Gasteiger partial charge in [-0.05, 0) is 69.6 Å². The molecule has 2 fully saturated rings. The smallest absolute Gasteiger partial charge is 0.328 e. The number of fused-ring (bicyclic) bond motifs is 1. The lowest BCUT2D eigenvalue weighted by molar-refractivity contribution is -0.235. The Morgan fingerprint density at radius 1 is 1.21 bits per heavy atom. The summed E-state index contributed by atoms with van der Waals surface area (Å²) in [6.45, 7) is 10.4. The van der Waals surface area contributed by atoms with E-state index < -0.39 is 17.7 Å². The summed E-state index contributed by atoms with van der Waals surface area (Å²) in [4.78, 5) is 10.9. The number of hydrogen-bond donors (Lipinski definition) is 3. The van der Waals surface area contributed by atoms with Crippen LogP contribution in [0.25, 0.3) is 0 Å². The van der Waals surface area contributed by atoms with Crippen LogP contribution in [0.15, 0.2) is 11.6 Å². The van der Waals surface area contributed by atoms with Crippen LogP contribution < -0.4 is 0 Å². The van der Waals surface area contributed by atoms with E-state index in [2.05, 4.69) is 20.8 Å². The van der Waals surface area contributed by atoms with Gasteiger partial charge in [0.15, 0.2) is 0 Å². The predicted molar refractivity (Wildman–Crippen MR) is 94.6 cm³/mol. The fourth-order valence-electron chi connectivity index (χ4n) is 5.50. The zero-order valence-electron chi connectivity index (χ0n) is 15.8. The lowest BCUT2D eigenvalue weighted by Crippen LogP contribution is -2.65. The van der Waals surface area contributed by atoms with Crippen LogP contribution in [0.5, 0.6) is 0 Å². The van der Waals surface area contributed by atoms with Crippen molar-refractivity contribution in [3.8, 4) is 0 Å². The van der Waals surface area contributed by atoms with Gasteiger partial charge in [0.25, 0.3) is 0 Å². The summed E-state index contributed by atoms with van der Waals surface area (Å²) in [7, 11) is 0. The molecule has 2 saturated carbocycles. The Hall–Kier alpha value is -0.870. The average Bonchev–Trinajstić information content (AvgIpc) is 2.47. The monoisotopic (exact) mass is 338 g/mol. The number of aliphatic carboxylic acids is 1. The van der Waals surface area contributed by atoms with Gasteiger partial charge in [0, 0.05) is 11.5 Å². The second-order valence-corrected chi connectivity index (χ2v) is 8.99. The standard InChI is InChI=1S/C20H34O4/c1-13(12-17(22)23)8-10-18(3)14(2)9-11-19(4)15(18)6-7-16(21)20(19,5)24/h12,14-16,21,24H,6-11H2,1-5H3,(H,22,23)/b13-12+/t14-,15-,16+,18+,19-,20-/m1/s1. The van der Waals surface area contributed by atoms with Gasteiger partial charge >= 0.3 is 5.97 Å². The highest BCUT2D eigenvalue weighted by Crippen LogP contribution is 2.64. The van der Waals surface area contributed by atoms with Gasteiger partial charge in [-0.2, -0.15) is 0 Å². The van der Waals surface area contributed by atoms with Crippen molar-refractivity contribution in [2.45, 2.75) is 84.8 Å². The highest BCUT2D eigenvalue weighted by molar-refractivity contribution is 5.80. The zero-order chi connectivity index (χ0) is 18.3. The number of aliphatic hydroxyl groups is 2. The van der Waals surface area contributed by atoms with Crippen molar-refractivity contribution in [1.82, 2.24) is 0 Å².